The number of carbonyl (C=O) groups excluding carboxylic acids is 1. The molecular weight excluding hydrogens is 609 g/mol. The Morgan fingerprint density at radius 2 is 2.07 bits per heavy atom. The SMILES string of the molecule is CC(C)(C)OC(=O)Nc1sc2c(F)cnc(-c3c4c(c5cnc(OC[C@@]67CCCN6C[C@H](F)C7)nc5c3F)COC4)c2c1C#N. The molecule has 2 fully saturated rings. The van der Waals surface area contributed by atoms with E-state index in [1.807, 2.05) is 6.07 Å². The van der Waals surface area contributed by atoms with E-state index in [1.165, 1.54) is 6.20 Å². The first-order valence-electron chi connectivity index (χ1n) is 14.6. The Morgan fingerprint density at radius 3 is 2.84 bits per heavy atom. The number of hydrogen-bond donors (Lipinski definition) is 1. The van der Waals surface area contributed by atoms with Crippen molar-refractivity contribution in [2.45, 2.75) is 70.6 Å². The molecule has 4 aromatic rings. The average Bonchev–Trinajstić information content (AvgIpc) is 3.74. The standard InChI is InChI=1S/C31H29F3N6O4S/c1-30(2,3)44-29(41)39-27-16(8-35)22-25(36-10-20(33)26(22)45-27)21-19-13-42-12-18(19)17-9-37-28(38-24(17)23(21)34)43-14-31-5-4-6-40(31)11-15(32)7-31/h9-10,15H,4-7,11-14H2,1-3H3,(H,39,41)/t15-,31+/m1/s1. The van der Waals surface area contributed by atoms with Gasteiger partial charge in [-0.3, -0.25) is 15.2 Å². The van der Waals surface area contributed by atoms with Gasteiger partial charge in [0.05, 0.1) is 40.9 Å². The van der Waals surface area contributed by atoms with E-state index in [0.29, 0.717) is 29.5 Å². The number of nitriles is 1. The maximum absolute atomic E-state index is 16.7. The van der Waals surface area contributed by atoms with Crippen molar-refractivity contribution >= 4 is 43.4 Å². The zero-order chi connectivity index (χ0) is 31.7. The summed E-state index contributed by atoms with van der Waals surface area (Å²) in [5.74, 6) is -1.49. The molecule has 45 heavy (non-hydrogen) atoms. The number of rotatable bonds is 5. The smallest absolute Gasteiger partial charge is 0.412 e. The number of pyridine rings is 1. The van der Waals surface area contributed by atoms with Gasteiger partial charge in [0.25, 0.3) is 0 Å². The van der Waals surface area contributed by atoms with Crippen LogP contribution >= 0.6 is 11.3 Å². The molecule has 1 amide bonds. The van der Waals surface area contributed by atoms with Crippen molar-refractivity contribution in [1.82, 2.24) is 19.9 Å². The van der Waals surface area contributed by atoms with Gasteiger partial charge in [0.15, 0.2) is 11.6 Å². The van der Waals surface area contributed by atoms with Crippen LogP contribution in [0.25, 0.3) is 32.2 Å². The lowest BCUT2D eigenvalue weighted by Crippen LogP contribution is -2.43. The average molecular weight is 639 g/mol. The van der Waals surface area contributed by atoms with Crippen molar-refractivity contribution in [3.05, 3.63) is 40.7 Å². The van der Waals surface area contributed by atoms with E-state index in [9.17, 15) is 14.4 Å². The number of benzene rings is 1. The lowest BCUT2D eigenvalue weighted by Gasteiger charge is -2.30. The summed E-state index contributed by atoms with van der Waals surface area (Å²) in [5.41, 5.74) is -0.222. The quantitative estimate of drug-likeness (QED) is 0.265. The van der Waals surface area contributed by atoms with Crippen LogP contribution < -0.4 is 10.1 Å². The second kappa shape index (κ2) is 10.8. The van der Waals surface area contributed by atoms with Gasteiger partial charge in [-0.15, -0.1) is 11.3 Å². The van der Waals surface area contributed by atoms with Crippen LogP contribution in [0.3, 0.4) is 0 Å². The fourth-order valence-electron chi connectivity index (χ4n) is 6.71. The highest BCUT2D eigenvalue weighted by Crippen LogP contribution is 2.46. The molecule has 0 aliphatic carbocycles. The minimum Gasteiger partial charge on any atom is -0.461 e. The van der Waals surface area contributed by atoms with Gasteiger partial charge >= 0.3 is 12.1 Å². The van der Waals surface area contributed by atoms with E-state index in [-0.39, 0.29) is 63.3 Å². The molecule has 2 atom stereocenters. The molecule has 234 valence electrons. The van der Waals surface area contributed by atoms with Crippen LogP contribution in [0.4, 0.5) is 23.0 Å². The number of alkyl halides is 1. The van der Waals surface area contributed by atoms with Crippen molar-refractivity contribution in [3.8, 4) is 23.3 Å². The van der Waals surface area contributed by atoms with Crippen LogP contribution in [0, 0.1) is 23.0 Å². The fraction of sp³-hybridized carbons (Fsp3) is 0.452. The first-order valence-corrected chi connectivity index (χ1v) is 15.4. The molecule has 2 saturated heterocycles. The minimum absolute atomic E-state index is 0.0131. The van der Waals surface area contributed by atoms with Crippen LogP contribution in [-0.4, -0.2) is 63.0 Å². The van der Waals surface area contributed by atoms with E-state index >= 15 is 8.78 Å². The molecule has 3 aliphatic heterocycles. The third-order valence-corrected chi connectivity index (χ3v) is 9.65. The molecule has 1 aromatic carbocycles. The lowest BCUT2D eigenvalue weighted by molar-refractivity contribution is 0.0636. The van der Waals surface area contributed by atoms with Crippen molar-refractivity contribution < 1.29 is 32.2 Å². The molecule has 10 nitrogen and oxygen atoms in total. The summed E-state index contributed by atoms with van der Waals surface area (Å²) in [6.07, 6.45) is 2.79. The van der Waals surface area contributed by atoms with Gasteiger partial charge in [-0.1, -0.05) is 0 Å². The Labute approximate surface area is 260 Å². The molecule has 0 spiro atoms. The zero-order valence-electron chi connectivity index (χ0n) is 24.8. The number of amides is 1. The van der Waals surface area contributed by atoms with Gasteiger partial charge < -0.3 is 14.2 Å². The molecule has 0 radical (unpaired) electrons. The molecule has 0 saturated carbocycles. The van der Waals surface area contributed by atoms with Crippen LogP contribution in [0.5, 0.6) is 6.01 Å². The number of carbonyl (C=O) groups is 1. The zero-order valence-corrected chi connectivity index (χ0v) is 25.6. The van der Waals surface area contributed by atoms with Gasteiger partial charge in [-0.25, -0.2) is 22.9 Å². The summed E-state index contributed by atoms with van der Waals surface area (Å²) < 4.78 is 63.1. The largest absolute Gasteiger partial charge is 0.461 e. The van der Waals surface area contributed by atoms with Crippen LogP contribution in [-0.2, 0) is 22.7 Å². The maximum atomic E-state index is 16.7. The van der Waals surface area contributed by atoms with Gasteiger partial charge in [-0.05, 0) is 51.3 Å². The molecule has 0 unspecified atom stereocenters. The van der Waals surface area contributed by atoms with Gasteiger partial charge in [0.1, 0.15) is 35.0 Å². The molecular formula is C31H29F3N6O4S. The van der Waals surface area contributed by atoms with E-state index in [0.717, 1.165) is 36.9 Å². The van der Waals surface area contributed by atoms with Crippen molar-refractivity contribution in [2.24, 2.45) is 0 Å². The van der Waals surface area contributed by atoms with Gasteiger partial charge in [0, 0.05) is 35.5 Å². The van der Waals surface area contributed by atoms with Crippen molar-refractivity contribution in [1.29, 1.82) is 5.26 Å². The number of nitrogens with one attached hydrogen (secondary N) is 1. The highest BCUT2D eigenvalue weighted by atomic mass is 32.1. The summed E-state index contributed by atoms with van der Waals surface area (Å²) in [7, 11) is 0. The number of aromatic nitrogens is 3. The Hall–Kier alpha value is -4.06. The minimum atomic E-state index is -0.927. The van der Waals surface area contributed by atoms with Crippen LogP contribution in [0.2, 0.25) is 0 Å². The number of nitrogens with zero attached hydrogens (tertiary/aromatic N) is 5. The van der Waals surface area contributed by atoms with Crippen molar-refractivity contribution in [2.75, 3.05) is 25.0 Å². The maximum Gasteiger partial charge on any atom is 0.412 e. The highest BCUT2D eigenvalue weighted by Gasteiger charge is 2.49. The normalized spacial score (nSPS) is 21.2. The first-order chi connectivity index (χ1) is 21.5. The second-order valence-electron chi connectivity index (χ2n) is 12.6. The topological polar surface area (TPSA) is 122 Å². The molecule has 0 bridgehead atoms. The molecule has 3 aliphatic rings. The monoisotopic (exact) mass is 638 g/mol. The Balaban J connectivity index is 1.33. The predicted octanol–water partition coefficient (Wildman–Crippen LogP) is 6.39. The molecule has 3 aromatic heterocycles. The number of fused-ring (bicyclic) bond motifs is 5. The number of ether oxygens (including phenoxy) is 3. The Morgan fingerprint density at radius 1 is 1.27 bits per heavy atom. The highest BCUT2D eigenvalue weighted by molar-refractivity contribution is 7.23. The summed E-state index contributed by atoms with van der Waals surface area (Å²) in [6.45, 7) is 6.61. The fourth-order valence-corrected chi connectivity index (χ4v) is 7.75. The number of thiophene rings is 1. The van der Waals surface area contributed by atoms with E-state index in [1.54, 1.807) is 20.8 Å². The van der Waals surface area contributed by atoms with Gasteiger partial charge in [-0.2, -0.15) is 10.2 Å². The third kappa shape index (κ3) is 5.03. The number of hydrogen-bond acceptors (Lipinski definition) is 10. The Kier molecular flexibility index (Phi) is 7.10. The van der Waals surface area contributed by atoms with E-state index in [4.69, 9.17) is 14.2 Å². The van der Waals surface area contributed by atoms with Gasteiger partial charge in [0.2, 0.25) is 0 Å². The van der Waals surface area contributed by atoms with Crippen molar-refractivity contribution in [3.63, 3.8) is 0 Å². The molecule has 1 N–H and O–H groups in total. The van der Waals surface area contributed by atoms with Crippen LogP contribution in [0.15, 0.2) is 12.4 Å². The molecule has 14 heteroatoms. The molecule has 7 rings (SSSR count). The molecule has 6 heterocycles. The first kappa shape index (κ1) is 29.6. The summed E-state index contributed by atoms with van der Waals surface area (Å²) in [4.78, 5) is 27.7. The number of anilines is 1. The third-order valence-electron chi connectivity index (χ3n) is 8.54. The second-order valence-corrected chi connectivity index (χ2v) is 13.6. The number of halogens is 3. The Bertz CT molecular complexity index is 1920. The summed E-state index contributed by atoms with van der Waals surface area (Å²) >= 11 is 0.830. The predicted molar refractivity (Wildman–Crippen MR) is 160 cm³/mol. The van der Waals surface area contributed by atoms with E-state index < -0.39 is 35.0 Å². The summed E-state index contributed by atoms with van der Waals surface area (Å²) in [5, 5.41) is 13.2. The lowest BCUT2D eigenvalue weighted by atomic mass is 9.94. The summed E-state index contributed by atoms with van der Waals surface area (Å²) in [6, 6.07) is 1.97. The van der Waals surface area contributed by atoms with Crippen LogP contribution in [0.1, 0.15) is 56.7 Å². The van der Waals surface area contributed by atoms with E-state index in [2.05, 4.69) is 25.2 Å².